The number of nitrogens with zero attached hydrogens (tertiary/aromatic N) is 1. The molecule has 0 aromatic heterocycles. The van der Waals surface area contributed by atoms with Gasteiger partial charge >= 0.3 is 0 Å². The molecule has 1 aromatic rings. The second kappa shape index (κ2) is 6.78. The molecule has 0 aliphatic rings. The van der Waals surface area contributed by atoms with Crippen molar-refractivity contribution in [2.24, 2.45) is 5.92 Å². The maximum Gasteiger partial charge on any atom is 0.262 e. The Morgan fingerprint density at radius 1 is 1.35 bits per heavy atom. The van der Waals surface area contributed by atoms with E-state index in [1.807, 2.05) is 13.8 Å². The molecule has 7 heteroatoms. The van der Waals surface area contributed by atoms with Gasteiger partial charge in [0.2, 0.25) is 0 Å². The molecule has 112 valence electrons. The van der Waals surface area contributed by atoms with Crippen LogP contribution in [0.2, 0.25) is 5.02 Å². The Balaban J connectivity index is 3.16. The summed E-state index contributed by atoms with van der Waals surface area (Å²) in [4.78, 5) is 13.6. The van der Waals surface area contributed by atoms with Crippen molar-refractivity contribution in [1.82, 2.24) is 4.90 Å². The fraction of sp³-hybridized carbons (Fsp3) is 0.462. The number of benzene rings is 1. The molecule has 1 amide bonds. The molecule has 20 heavy (non-hydrogen) atoms. The molecule has 0 aliphatic heterocycles. The second-order valence-electron chi connectivity index (χ2n) is 4.96. The molecule has 0 saturated carbocycles. The van der Waals surface area contributed by atoms with Crippen molar-refractivity contribution in [2.75, 3.05) is 13.6 Å². The minimum absolute atomic E-state index is 0.0737. The van der Waals surface area contributed by atoms with Crippen LogP contribution in [0.5, 0.6) is 0 Å². The fourth-order valence-electron chi connectivity index (χ4n) is 1.66. The predicted molar refractivity (Wildman–Crippen MR) is 80.9 cm³/mol. The highest BCUT2D eigenvalue weighted by atomic mass is 35.7. The summed E-state index contributed by atoms with van der Waals surface area (Å²) in [6.07, 6.45) is 0.815. The quantitative estimate of drug-likeness (QED) is 0.774. The zero-order chi connectivity index (χ0) is 15.5. The molecule has 0 unspecified atom stereocenters. The van der Waals surface area contributed by atoms with Crippen LogP contribution >= 0.6 is 22.3 Å². The highest BCUT2D eigenvalue weighted by Crippen LogP contribution is 2.27. The number of halogens is 2. The van der Waals surface area contributed by atoms with Gasteiger partial charge in [-0.05, 0) is 24.5 Å². The number of hydrogen-bond acceptors (Lipinski definition) is 3. The summed E-state index contributed by atoms with van der Waals surface area (Å²) >= 11 is 5.97. The third-order valence-electron chi connectivity index (χ3n) is 2.84. The van der Waals surface area contributed by atoms with Crippen LogP contribution in [0, 0.1) is 5.92 Å². The molecule has 0 heterocycles. The Bertz CT molecular complexity index is 600. The molecule has 0 fully saturated rings. The summed E-state index contributed by atoms with van der Waals surface area (Å²) in [5.41, 5.74) is -0.0737. The number of hydrogen-bond donors (Lipinski definition) is 0. The van der Waals surface area contributed by atoms with E-state index < -0.39 is 15.0 Å². The molecule has 0 aliphatic carbocycles. The third kappa shape index (κ3) is 4.36. The topological polar surface area (TPSA) is 54.5 Å². The molecule has 0 bridgehead atoms. The van der Waals surface area contributed by atoms with Gasteiger partial charge in [0.25, 0.3) is 15.0 Å². The Morgan fingerprint density at radius 2 is 1.95 bits per heavy atom. The van der Waals surface area contributed by atoms with Crippen LogP contribution < -0.4 is 0 Å². The average molecular weight is 338 g/mol. The van der Waals surface area contributed by atoms with E-state index in [-0.39, 0.29) is 15.5 Å². The van der Waals surface area contributed by atoms with E-state index in [0.29, 0.717) is 12.5 Å². The van der Waals surface area contributed by atoms with E-state index in [4.69, 9.17) is 22.3 Å². The number of rotatable bonds is 5. The maximum atomic E-state index is 12.4. The first-order valence-corrected chi connectivity index (χ1v) is 8.82. The van der Waals surface area contributed by atoms with E-state index in [2.05, 4.69) is 0 Å². The Kier molecular flexibility index (Phi) is 5.86. The Labute approximate surface area is 129 Å². The van der Waals surface area contributed by atoms with E-state index in [1.54, 1.807) is 7.05 Å². The highest BCUT2D eigenvalue weighted by molar-refractivity contribution is 8.13. The van der Waals surface area contributed by atoms with Crippen LogP contribution in [0.15, 0.2) is 23.1 Å². The van der Waals surface area contributed by atoms with Gasteiger partial charge in [-0.15, -0.1) is 0 Å². The van der Waals surface area contributed by atoms with Crippen molar-refractivity contribution < 1.29 is 13.2 Å². The zero-order valence-corrected chi connectivity index (χ0v) is 13.9. The first-order chi connectivity index (χ1) is 9.14. The van der Waals surface area contributed by atoms with Gasteiger partial charge in [0.15, 0.2) is 0 Å². The molecule has 0 saturated heterocycles. The van der Waals surface area contributed by atoms with E-state index >= 15 is 0 Å². The van der Waals surface area contributed by atoms with Gasteiger partial charge in [0.1, 0.15) is 0 Å². The summed E-state index contributed by atoms with van der Waals surface area (Å²) in [6, 6.07) is 4.19. The van der Waals surface area contributed by atoms with Gasteiger partial charge in [-0.3, -0.25) is 4.79 Å². The third-order valence-corrected chi connectivity index (χ3v) is 4.52. The molecule has 0 radical (unpaired) electrons. The fourth-order valence-corrected chi connectivity index (χ4v) is 3.04. The number of carbonyl (C=O) groups excluding carboxylic acids is 1. The lowest BCUT2D eigenvalue weighted by Gasteiger charge is -2.20. The molecule has 0 spiro atoms. The summed E-state index contributed by atoms with van der Waals surface area (Å²) in [7, 11) is 2.94. The lowest BCUT2D eigenvalue weighted by molar-refractivity contribution is 0.0785. The van der Waals surface area contributed by atoms with Crippen LogP contribution in [0.25, 0.3) is 0 Å². The number of carbonyl (C=O) groups is 1. The summed E-state index contributed by atoms with van der Waals surface area (Å²) in [6.45, 7) is 4.61. The van der Waals surface area contributed by atoms with E-state index in [1.165, 1.54) is 23.1 Å². The van der Waals surface area contributed by atoms with Crippen molar-refractivity contribution in [3.63, 3.8) is 0 Å². The van der Waals surface area contributed by atoms with Crippen molar-refractivity contribution in [1.29, 1.82) is 0 Å². The van der Waals surface area contributed by atoms with Gasteiger partial charge in [-0.1, -0.05) is 31.5 Å². The first kappa shape index (κ1) is 17.3. The predicted octanol–water partition coefficient (Wildman–Crippen LogP) is 3.39. The molecule has 0 atom stereocenters. The van der Waals surface area contributed by atoms with E-state index in [9.17, 15) is 13.2 Å². The van der Waals surface area contributed by atoms with Crippen LogP contribution in [-0.4, -0.2) is 32.8 Å². The van der Waals surface area contributed by atoms with Crippen molar-refractivity contribution >= 4 is 37.2 Å². The minimum atomic E-state index is -4.03. The smallest absolute Gasteiger partial charge is 0.262 e. The normalized spacial score (nSPS) is 11.7. The summed E-state index contributed by atoms with van der Waals surface area (Å²) < 4.78 is 23.1. The van der Waals surface area contributed by atoms with Crippen LogP contribution in [-0.2, 0) is 9.05 Å². The first-order valence-electron chi connectivity index (χ1n) is 6.13. The van der Waals surface area contributed by atoms with Crippen LogP contribution in [0.4, 0.5) is 0 Å². The van der Waals surface area contributed by atoms with Gasteiger partial charge in [-0.2, -0.15) is 0 Å². The van der Waals surface area contributed by atoms with Crippen LogP contribution in [0.3, 0.4) is 0 Å². The number of amides is 1. The zero-order valence-electron chi connectivity index (χ0n) is 11.6. The maximum absolute atomic E-state index is 12.4. The summed E-state index contributed by atoms with van der Waals surface area (Å²) in [5.74, 6) is -0.0109. The highest BCUT2D eigenvalue weighted by Gasteiger charge is 2.25. The van der Waals surface area contributed by atoms with Gasteiger partial charge in [0, 0.05) is 24.3 Å². The van der Waals surface area contributed by atoms with Crippen molar-refractivity contribution in [3.8, 4) is 0 Å². The van der Waals surface area contributed by atoms with Gasteiger partial charge < -0.3 is 4.90 Å². The average Bonchev–Trinajstić information content (AvgIpc) is 2.33. The van der Waals surface area contributed by atoms with Gasteiger partial charge in [0.05, 0.1) is 15.5 Å². The van der Waals surface area contributed by atoms with Crippen molar-refractivity contribution in [3.05, 3.63) is 28.8 Å². The van der Waals surface area contributed by atoms with E-state index in [0.717, 1.165) is 6.42 Å². The molecule has 4 nitrogen and oxygen atoms in total. The molecule has 1 rings (SSSR count). The molecular weight excluding hydrogens is 321 g/mol. The molecular formula is C13H17Cl2NO3S. The second-order valence-corrected chi connectivity index (χ2v) is 7.90. The standard InChI is InChI=1S/C13H17Cl2NO3S/c1-9(2)7-8-16(3)13(17)12-10(14)5-4-6-11(12)20(15,18)19/h4-6,9H,7-8H2,1-3H3. The molecule has 1 aromatic carbocycles. The largest absolute Gasteiger partial charge is 0.342 e. The molecule has 0 N–H and O–H groups in total. The lowest BCUT2D eigenvalue weighted by atomic mass is 10.1. The monoisotopic (exact) mass is 337 g/mol. The SMILES string of the molecule is CC(C)CCN(C)C(=O)c1c(Cl)cccc1S(=O)(=O)Cl. The van der Waals surface area contributed by atoms with Gasteiger partial charge in [-0.25, -0.2) is 8.42 Å². The Morgan fingerprint density at radius 3 is 2.45 bits per heavy atom. The Hall–Kier alpha value is -0.780. The van der Waals surface area contributed by atoms with Crippen molar-refractivity contribution in [2.45, 2.75) is 25.2 Å². The van der Waals surface area contributed by atoms with Crippen LogP contribution in [0.1, 0.15) is 30.6 Å². The summed E-state index contributed by atoms with van der Waals surface area (Å²) in [5, 5.41) is 0.0770. The minimum Gasteiger partial charge on any atom is -0.342 e. The lowest BCUT2D eigenvalue weighted by Crippen LogP contribution is -2.29.